The van der Waals surface area contributed by atoms with Gasteiger partial charge in [-0.2, -0.15) is 0 Å². The SMILES string of the molecule is OCCC(Nc1ccnc(Cc2ccccc2)n1)c1ccco1. The standard InChI is InChI=1S/C18H19N3O2/c22-11-9-15(16-7-4-12-23-16)20-17-8-10-19-18(21-17)13-14-5-2-1-3-6-14/h1-8,10,12,15,22H,9,11,13H2,(H,19,20,21). The molecule has 0 aliphatic rings. The van der Waals surface area contributed by atoms with E-state index in [0.29, 0.717) is 12.8 Å². The lowest BCUT2D eigenvalue weighted by molar-refractivity contribution is 0.273. The van der Waals surface area contributed by atoms with Crippen LogP contribution in [0.25, 0.3) is 0 Å². The van der Waals surface area contributed by atoms with E-state index in [1.807, 2.05) is 36.4 Å². The minimum atomic E-state index is -0.116. The first-order valence-electron chi connectivity index (χ1n) is 7.62. The summed E-state index contributed by atoms with van der Waals surface area (Å²) in [4.78, 5) is 8.88. The zero-order valence-corrected chi connectivity index (χ0v) is 12.7. The van der Waals surface area contributed by atoms with E-state index in [0.717, 1.165) is 17.4 Å². The first-order valence-corrected chi connectivity index (χ1v) is 7.62. The summed E-state index contributed by atoms with van der Waals surface area (Å²) in [5.41, 5.74) is 1.17. The Balaban J connectivity index is 1.73. The van der Waals surface area contributed by atoms with Gasteiger partial charge in [-0.3, -0.25) is 0 Å². The minimum absolute atomic E-state index is 0.0698. The molecule has 2 heterocycles. The number of furan rings is 1. The molecule has 0 amide bonds. The quantitative estimate of drug-likeness (QED) is 0.701. The van der Waals surface area contributed by atoms with Gasteiger partial charge in [-0.05, 0) is 30.2 Å². The molecular weight excluding hydrogens is 290 g/mol. The van der Waals surface area contributed by atoms with Crippen molar-refractivity contribution >= 4 is 5.82 Å². The molecule has 23 heavy (non-hydrogen) atoms. The van der Waals surface area contributed by atoms with E-state index in [9.17, 15) is 5.11 Å². The van der Waals surface area contributed by atoms with Gasteiger partial charge in [0.2, 0.25) is 0 Å². The summed E-state index contributed by atoms with van der Waals surface area (Å²) in [6.45, 7) is 0.0698. The van der Waals surface area contributed by atoms with Gasteiger partial charge in [0, 0.05) is 19.2 Å². The summed E-state index contributed by atoms with van der Waals surface area (Å²) in [5, 5.41) is 12.6. The van der Waals surface area contributed by atoms with Crippen molar-refractivity contribution in [3.8, 4) is 0 Å². The van der Waals surface area contributed by atoms with Gasteiger partial charge in [0.05, 0.1) is 12.3 Å². The second kappa shape index (κ2) is 7.56. The molecule has 2 N–H and O–H groups in total. The number of rotatable bonds is 7. The zero-order valence-electron chi connectivity index (χ0n) is 12.7. The molecule has 118 valence electrons. The number of aliphatic hydroxyl groups excluding tert-OH is 1. The molecule has 0 radical (unpaired) electrons. The van der Waals surface area contributed by atoms with Crippen molar-refractivity contribution in [3.05, 3.63) is 78.1 Å². The highest BCUT2D eigenvalue weighted by molar-refractivity contribution is 5.36. The van der Waals surface area contributed by atoms with Crippen LogP contribution in [0.5, 0.6) is 0 Å². The van der Waals surface area contributed by atoms with Crippen LogP contribution in [-0.4, -0.2) is 21.7 Å². The Bertz CT molecular complexity index is 714. The molecule has 1 atom stereocenters. The van der Waals surface area contributed by atoms with Crippen molar-refractivity contribution in [3.63, 3.8) is 0 Å². The monoisotopic (exact) mass is 309 g/mol. The Labute approximate surface area is 135 Å². The van der Waals surface area contributed by atoms with Crippen molar-refractivity contribution in [1.29, 1.82) is 0 Å². The average molecular weight is 309 g/mol. The topological polar surface area (TPSA) is 71.2 Å². The molecule has 5 nitrogen and oxygen atoms in total. The maximum atomic E-state index is 9.25. The lowest BCUT2D eigenvalue weighted by atomic mass is 10.1. The van der Waals surface area contributed by atoms with Gasteiger partial charge in [-0.25, -0.2) is 9.97 Å². The lowest BCUT2D eigenvalue weighted by Crippen LogP contribution is -2.13. The van der Waals surface area contributed by atoms with Crippen LogP contribution in [0.1, 0.15) is 29.6 Å². The van der Waals surface area contributed by atoms with E-state index < -0.39 is 0 Å². The molecule has 0 aliphatic heterocycles. The molecule has 3 aromatic rings. The highest BCUT2D eigenvalue weighted by Gasteiger charge is 2.14. The van der Waals surface area contributed by atoms with Gasteiger partial charge in [-0.15, -0.1) is 0 Å². The molecule has 0 saturated carbocycles. The fraction of sp³-hybridized carbons (Fsp3) is 0.222. The fourth-order valence-corrected chi connectivity index (χ4v) is 2.43. The molecule has 1 unspecified atom stereocenters. The largest absolute Gasteiger partial charge is 0.467 e. The number of nitrogens with zero attached hydrogens (tertiary/aromatic N) is 2. The van der Waals surface area contributed by atoms with Gasteiger partial charge in [0.1, 0.15) is 17.4 Å². The van der Waals surface area contributed by atoms with E-state index in [4.69, 9.17) is 4.42 Å². The van der Waals surface area contributed by atoms with Gasteiger partial charge in [0.25, 0.3) is 0 Å². The van der Waals surface area contributed by atoms with E-state index in [1.54, 1.807) is 12.5 Å². The number of benzene rings is 1. The predicted octanol–water partition coefficient (Wildman–Crippen LogP) is 3.20. The van der Waals surface area contributed by atoms with Gasteiger partial charge >= 0.3 is 0 Å². The zero-order chi connectivity index (χ0) is 15.9. The van der Waals surface area contributed by atoms with Crippen LogP contribution in [0, 0.1) is 0 Å². The average Bonchev–Trinajstić information content (AvgIpc) is 3.10. The van der Waals surface area contributed by atoms with Crippen molar-refractivity contribution < 1.29 is 9.52 Å². The van der Waals surface area contributed by atoms with Gasteiger partial charge < -0.3 is 14.8 Å². The number of nitrogens with one attached hydrogen (secondary N) is 1. The van der Waals surface area contributed by atoms with E-state index in [-0.39, 0.29) is 12.6 Å². The van der Waals surface area contributed by atoms with Crippen molar-refractivity contribution in [2.75, 3.05) is 11.9 Å². The molecule has 0 bridgehead atoms. The number of hydrogen-bond acceptors (Lipinski definition) is 5. The summed E-state index contributed by atoms with van der Waals surface area (Å²) in [7, 11) is 0. The maximum Gasteiger partial charge on any atom is 0.135 e. The summed E-state index contributed by atoms with van der Waals surface area (Å²) in [6.07, 6.45) is 4.60. The van der Waals surface area contributed by atoms with Crippen molar-refractivity contribution in [2.24, 2.45) is 0 Å². The minimum Gasteiger partial charge on any atom is -0.467 e. The number of anilines is 1. The Morgan fingerprint density at radius 3 is 2.70 bits per heavy atom. The van der Waals surface area contributed by atoms with Crippen LogP contribution >= 0.6 is 0 Å². The van der Waals surface area contributed by atoms with Crippen LogP contribution in [0.4, 0.5) is 5.82 Å². The van der Waals surface area contributed by atoms with Gasteiger partial charge in [0.15, 0.2) is 0 Å². The van der Waals surface area contributed by atoms with Crippen molar-refractivity contribution in [2.45, 2.75) is 18.9 Å². The van der Waals surface area contributed by atoms with Gasteiger partial charge in [-0.1, -0.05) is 30.3 Å². The molecule has 3 rings (SSSR count). The molecule has 0 spiro atoms. The molecule has 0 saturated heterocycles. The Hall–Kier alpha value is -2.66. The highest BCUT2D eigenvalue weighted by atomic mass is 16.3. The number of hydrogen-bond donors (Lipinski definition) is 2. The summed E-state index contributed by atoms with van der Waals surface area (Å²) >= 11 is 0. The Morgan fingerprint density at radius 1 is 1.09 bits per heavy atom. The molecule has 5 heteroatoms. The third-order valence-electron chi connectivity index (χ3n) is 3.54. The highest BCUT2D eigenvalue weighted by Crippen LogP contribution is 2.22. The number of aromatic nitrogens is 2. The third kappa shape index (κ3) is 4.17. The molecular formula is C18H19N3O2. The number of aliphatic hydroxyl groups is 1. The molecule has 0 aliphatic carbocycles. The van der Waals surface area contributed by atoms with Crippen LogP contribution in [-0.2, 0) is 6.42 Å². The molecule has 1 aromatic carbocycles. The van der Waals surface area contributed by atoms with Crippen molar-refractivity contribution in [1.82, 2.24) is 9.97 Å². The van der Waals surface area contributed by atoms with Crippen LogP contribution in [0.15, 0.2) is 65.4 Å². The first-order chi connectivity index (χ1) is 11.3. The van der Waals surface area contributed by atoms with Crippen LogP contribution in [0.2, 0.25) is 0 Å². The maximum absolute atomic E-state index is 9.25. The summed E-state index contributed by atoms with van der Waals surface area (Å²) in [6, 6.07) is 15.5. The van der Waals surface area contributed by atoms with E-state index >= 15 is 0 Å². The Kier molecular flexibility index (Phi) is 5.01. The summed E-state index contributed by atoms with van der Waals surface area (Å²) in [5.74, 6) is 2.26. The molecule has 2 aromatic heterocycles. The van der Waals surface area contributed by atoms with E-state index in [2.05, 4.69) is 27.4 Å². The van der Waals surface area contributed by atoms with Crippen LogP contribution < -0.4 is 5.32 Å². The van der Waals surface area contributed by atoms with E-state index in [1.165, 1.54) is 5.56 Å². The smallest absolute Gasteiger partial charge is 0.135 e. The summed E-state index contributed by atoms with van der Waals surface area (Å²) < 4.78 is 5.43. The second-order valence-corrected chi connectivity index (χ2v) is 5.25. The van der Waals surface area contributed by atoms with Crippen LogP contribution in [0.3, 0.4) is 0 Å². The molecule has 0 fully saturated rings. The first kappa shape index (κ1) is 15.2. The third-order valence-corrected chi connectivity index (χ3v) is 3.54. The Morgan fingerprint density at radius 2 is 1.96 bits per heavy atom. The second-order valence-electron chi connectivity index (χ2n) is 5.25. The fourth-order valence-electron chi connectivity index (χ4n) is 2.43. The predicted molar refractivity (Wildman–Crippen MR) is 88.1 cm³/mol. The normalized spacial score (nSPS) is 12.0. The lowest BCUT2D eigenvalue weighted by Gasteiger charge is -2.16.